The smallest absolute Gasteiger partial charge is 0.263 e. The number of aliphatic hydroxyl groups is 1. The Morgan fingerprint density at radius 1 is 1.02 bits per heavy atom. The Morgan fingerprint density at radius 2 is 1.83 bits per heavy atom. The van der Waals surface area contributed by atoms with Crippen LogP contribution in [0.1, 0.15) is 87.2 Å². The van der Waals surface area contributed by atoms with Gasteiger partial charge in [-0.2, -0.15) is 0 Å². The zero-order valence-electron chi connectivity index (χ0n) is 31.7. The van der Waals surface area contributed by atoms with Crippen molar-refractivity contribution >= 4 is 40.1 Å². The van der Waals surface area contributed by atoms with Crippen LogP contribution in [0.4, 0.5) is 5.69 Å². The van der Waals surface area contributed by atoms with Gasteiger partial charge in [0.1, 0.15) is 22.5 Å². The number of carbonyl (C=O) groups excluding carboxylic acids is 2. The van der Waals surface area contributed by atoms with E-state index in [1.54, 1.807) is 6.07 Å². The first-order chi connectivity index (χ1) is 24.8. The van der Waals surface area contributed by atoms with Crippen LogP contribution < -0.4 is 14.4 Å². The molecule has 1 fully saturated rings. The molecule has 0 aromatic heterocycles. The van der Waals surface area contributed by atoms with Crippen LogP contribution in [0.5, 0.6) is 5.75 Å². The second kappa shape index (κ2) is 16.3. The fourth-order valence-electron chi connectivity index (χ4n) is 8.80. The van der Waals surface area contributed by atoms with E-state index >= 15 is 0 Å². The van der Waals surface area contributed by atoms with Crippen molar-refractivity contribution in [1.29, 1.82) is 0 Å². The van der Waals surface area contributed by atoms with Crippen LogP contribution in [0.15, 0.2) is 36.4 Å². The summed E-state index contributed by atoms with van der Waals surface area (Å²) in [6, 6.07) is 11.8. The van der Waals surface area contributed by atoms with Crippen LogP contribution >= 0.6 is 11.6 Å². The number of nitrogens with zero attached hydrogens (tertiary/aromatic N) is 4. The number of halogens is 1. The van der Waals surface area contributed by atoms with Gasteiger partial charge in [0.25, 0.3) is 5.91 Å². The van der Waals surface area contributed by atoms with Gasteiger partial charge in [0.15, 0.2) is 0 Å². The fourth-order valence-corrected chi connectivity index (χ4v) is 10.0. The molecule has 2 aromatic carbocycles. The van der Waals surface area contributed by atoms with Gasteiger partial charge in [-0.25, -0.2) is 4.21 Å². The lowest BCUT2D eigenvalue weighted by Crippen LogP contribution is -2.62. The number of benzene rings is 2. The molecular formula is C40H58ClN5O5S. The van der Waals surface area contributed by atoms with Crippen molar-refractivity contribution in [3.05, 3.63) is 58.1 Å². The minimum absolute atomic E-state index is 0.0428. The molecule has 1 aliphatic carbocycles. The Kier molecular flexibility index (Phi) is 12.3. The van der Waals surface area contributed by atoms with Crippen molar-refractivity contribution in [1.82, 2.24) is 19.4 Å². The van der Waals surface area contributed by atoms with E-state index in [4.69, 9.17) is 16.3 Å². The average molecular weight is 756 g/mol. The second-order valence-corrected chi connectivity index (χ2v) is 18.1. The third kappa shape index (κ3) is 8.33. The van der Waals surface area contributed by atoms with Gasteiger partial charge in [-0.15, -0.1) is 0 Å². The number of anilines is 1. The number of piperazine rings is 1. The third-order valence-corrected chi connectivity index (χ3v) is 14.1. The Bertz CT molecular complexity index is 1640. The van der Waals surface area contributed by atoms with Crippen molar-refractivity contribution in [2.75, 3.05) is 71.4 Å². The van der Waals surface area contributed by atoms with Gasteiger partial charge >= 0.3 is 0 Å². The standard InChI is InChI=1S/C40H58ClN5O5S/c1-28-9-6-17-40(49,46-22-21-44(37(47)25-46)20-19-43(4)5)29(2)10-8-18-45-26-39(16-7-11-31-23-33(41)13-14-34(31)39)27-51-36-15-12-32(24-35(36)45)38(48)42-52(50)30(28)3/h12-15,23-24,28-30,49H,6-11,16-22,25-27H2,1-5H3,(H,42,48)/t28?,29?,30?,39-,40+,52?/m0/s1. The first-order valence-corrected chi connectivity index (χ1v) is 20.8. The molecule has 10 nitrogen and oxygen atoms in total. The highest BCUT2D eigenvalue weighted by molar-refractivity contribution is 7.84. The Balaban J connectivity index is 1.31. The van der Waals surface area contributed by atoms with Crippen LogP contribution in [-0.4, -0.2) is 113 Å². The molecule has 52 heavy (non-hydrogen) atoms. The summed E-state index contributed by atoms with van der Waals surface area (Å²) in [5, 5.41) is 13.1. The number of likely N-dealkylation sites (N-methyl/N-ethyl adjacent to an activating group) is 1. The van der Waals surface area contributed by atoms with Crippen LogP contribution in [-0.2, 0) is 27.6 Å². The molecule has 2 N–H and O–H groups in total. The number of aryl methyl sites for hydroxylation is 1. The summed E-state index contributed by atoms with van der Waals surface area (Å²) >= 11 is 6.46. The Morgan fingerprint density at radius 3 is 2.60 bits per heavy atom. The van der Waals surface area contributed by atoms with E-state index in [1.807, 2.05) is 49.0 Å². The van der Waals surface area contributed by atoms with Crippen molar-refractivity contribution in [2.45, 2.75) is 88.5 Å². The van der Waals surface area contributed by atoms with E-state index < -0.39 is 16.7 Å². The number of carbonyl (C=O) groups is 2. The number of fused-ring (bicyclic) bond motifs is 3. The topological polar surface area (TPSA) is 106 Å². The molecule has 3 heterocycles. The quantitative estimate of drug-likeness (QED) is 0.438. The normalized spacial score (nSPS) is 31.1. The zero-order valence-corrected chi connectivity index (χ0v) is 33.2. The summed E-state index contributed by atoms with van der Waals surface area (Å²) in [6.45, 7) is 10.9. The Hall–Kier alpha value is -2.70. The van der Waals surface area contributed by atoms with E-state index in [-0.39, 0.29) is 40.9 Å². The number of amides is 2. The van der Waals surface area contributed by atoms with Gasteiger partial charge in [0, 0.05) is 55.3 Å². The fraction of sp³-hybridized carbons (Fsp3) is 0.650. The maximum Gasteiger partial charge on any atom is 0.263 e. The predicted molar refractivity (Wildman–Crippen MR) is 208 cm³/mol. The molecule has 3 aliphatic heterocycles. The summed E-state index contributed by atoms with van der Waals surface area (Å²) in [5.74, 6) is 0.363. The maximum atomic E-state index is 13.6. The lowest BCUT2D eigenvalue weighted by Gasteiger charge is -2.47. The van der Waals surface area contributed by atoms with Crippen LogP contribution in [0.2, 0.25) is 5.02 Å². The van der Waals surface area contributed by atoms with Crippen LogP contribution in [0, 0.1) is 11.8 Å². The maximum absolute atomic E-state index is 13.6. The zero-order chi connectivity index (χ0) is 37.2. The van der Waals surface area contributed by atoms with Gasteiger partial charge in [-0.1, -0.05) is 31.5 Å². The van der Waals surface area contributed by atoms with E-state index in [0.29, 0.717) is 57.7 Å². The first kappa shape index (κ1) is 39.0. The predicted octanol–water partition coefficient (Wildman–Crippen LogP) is 5.23. The highest BCUT2D eigenvalue weighted by Crippen LogP contribution is 2.45. The summed E-state index contributed by atoms with van der Waals surface area (Å²) in [7, 11) is 2.42. The largest absolute Gasteiger partial charge is 0.490 e. The minimum Gasteiger partial charge on any atom is -0.490 e. The monoisotopic (exact) mass is 755 g/mol. The van der Waals surface area contributed by atoms with E-state index in [2.05, 4.69) is 40.5 Å². The molecule has 0 radical (unpaired) electrons. The molecular weight excluding hydrogens is 698 g/mol. The minimum atomic E-state index is -1.60. The number of ether oxygens (including phenoxy) is 1. The molecule has 1 saturated heterocycles. The molecule has 4 unspecified atom stereocenters. The van der Waals surface area contributed by atoms with Crippen LogP contribution in [0.25, 0.3) is 0 Å². The second-order valence-electron chi connectivity index (χ2n) is 16.2. The van der Waals surface area contributed by atoms with Gasteiger partial charge in [0.05, 0.1) is 24.1 Å². The number of hydrogen-bond donors (Lipinski definition) is 2. The van der Waals surface area contributed by atoms with Gasteiger partial charge < -0.3 is 24.5 Å². The number of hydrogen-bond acceptors (Lipinski definition) is 8. The summed E-state index contributed by atoms with van der Waals surface area (Å²) < 4.78 is 22.9. The lowest BCUT2D eigenvalue weighted by molar-refractivity contribution is -0.177. The molecule has 2 aromatic rings. The van der Waals surface area contributed by atoms with Crippen LogP contribution in [0.3, 0.4) is 0 Å². The number of nitrogens with one attached hydrogen (secondary N) is 1. The Labute approximate surface area is 317 Å². The van der Waals surface area contributed by atoms with E-state index in [9.17, 15) is 18.9 Å². The van der Waals surface area contributed by atoms with E-state index in [1.165, 1.54) is 11.1 Å². The van der Waals surface area contributed by atoms with E-state index in [0.717, 1.165) is 61.5 Å². The van der Waals surface area contributed by atoms with Crippen molar-refractivity contribution in [3.8, 4) is 5.75 Å². The highest BCUT2D eigenvalue weighted by atomic mass is 35.5. The van der Waals surface area contributed by atoms with Crippen molar-refractivity contribution in [3.63, 3.8) is 0 Å². The molecule has 286 valence electrons. The van der Waals surface area contributed by atoms with Crippen molar-refractivity contribution in [2.24, 2.45) is 11.8 Å². The molecule has 6 rings (SSSR count). The summed E-state index contributed by atoms with van der Waals surface area (Å²) in [4.78, 5) is 35.3. The molecule has 0 saturated carbocycles. The molecule has 6 atom stereocenters. The molecule has 2 amide bonds. The average Bonchev–Trinajstić information content (AvgIpc) is 3.26. The van der Waals surface area contributed by atoms with Gasteiger partial charge in [-0.05, 0) is 126 Å². The highest BCUT2D eigenvalue weighted by Gasteiger charge is 2.44. The van der Waals surface area contributed by atoms with Gasteiger partial charge in [-0.3, -0.25) is 19.2 Å². The lowest BCUT2D eigenvalue weighted by atomic mass is 9.70. The summed E-state index contributed by atoms with van der Waals surface area (Å²) in [6.07, 6.45) is 6.51. The summed E-state index contributed by atoms with van der Waals surface area (Å²) in [5.41, 5.74) is 2.42. The molecule has 1 spiro atoms. The third-order valence-electron chi connectivity index (χ3n) is 12.4. The van der Waals surface area contributed by atoms with Gasteiger partial charge in [0.2, 0.25) is 5.91 Å². The molecule has 12 heteroatoms. The molecule has 4 aliphatic rings. The first-order valence-electron chi connectivity index (χ1n) is 19.2. The van der Waals surface area contributed by atoms with Crippen molar-refractivity contribution < 1.29 is 23.6 Å². The molecule has 2 bridgehead atoms. The number of rotatable bonds is 4. The SMILES string of the molecule is CC1CCC[C@](O)(N2CCN(CCN(C)C)C(=O)C2)C(C)CCCN2C[C@@]3(CCCc4cc(Cl)ccc43)COc3ccc(cc32)C(=O)NS(=O)C1C.